The summed E-state index contributed by atoms with van der Waals surface area (Å²) < 4.78 is 26.2. The molecule has 1 aromatic rings. The van der Waals surface area contributed by atoms with E-state index in [0.29, 0.717) is 13.1 Å². The summed E-state index contributed by atoms with van der Waals surface area (Å²) in [4.78, 5) is 0. The molecule has 0 aliphatic carbocycles. The van der Waals surface area contributed by atoms with Gasteiger partial charge in [-0.2, -0.15) is 5.10 Å². The molecule has 1 aromatic heterocycles. The van der Waals surface area contributed by atoms with Crippen molar-refractivity contribution in [1.29, 1.82) is 0 Å². The number of aryl methyl sites for hydroxylation is 2. The van der Waals surface area contributed by atoms with E-state index >= 15 is 0 Å². The Kier molecular flexibility index (Phi) is 4.89. The van der Waals surface area contributed by atoms with E-state index in [4.69, 9.17) is 0 Å². The summed E-state index contributed by atoms with van der Waals surface area (Å²) >= 11 is 0. The van der Waals surface area contributed by atoms with E-state index in [0.717, 1.165) is 17.0 Å². The first-order chi connectivity index (χ1) is 8.25. The second-order valence-corrected chi connectivity index (χ2v) is 6.85. The molecule has 0 bridgehead atoms. The Labute approximate surface area is 109 Å². The maximum atomic E-state index is 11.5. The van der Waals surface area contributed by atoms with Crippen LogP contribution in [0, 0.1) is 13.8 Å². The molecule has 18 heavy (non-hydrogen) atoms. The molecule has 0 aliphatic heterocycles. The Balaban J connectivity index is 2.48. The summed E-state index contributed by atoms with van der Waals surface area (Å²) in [5.74, 6) is 0.109. The standard InChI is InChI=1S/C11H22N4O2S/c1-9-11(10(2)15(5)13-9)8-12-6-7-18(16,17)14(3)4/h12H,6-8H2,1-5H3. The van der Waals surface area contributed by atoms with Crippen LogP contribution in [0.4, 0.5) is 0 Å². The van der Waals surface area contributed by atoms with Gasteiger partial charge in [-0.25, -0.2) is 12.7 Å². The van der Waals surface area contributed by atoms with Gasteiger partial charge in [0.05, 0.1) is 11.4 Å². The number of hydrogen-bond donors (Lipinski definition) is 1. The molecule has 0 aromatic carbocycles. The number of nitrogens with zero attached hydrogens (tertiary/aromatic N) is 3. The highest BCUT2D eigenvalue weighted by Crippen LogP contribution is 2.10. The summed E-state index contributed by atoms with van der Waals surface area (Å²) in [5.41, 5.74) is 3.23. The van der Waals surface area contributed by atoms with Crippen LogP contribution in [0.1, 0.15) is 17.0 Å². The van der Waals surface area contributed by atoms with Crippen LogP contribution >= 0.6 is 0 Å². The predicted octanol–water partition coefficient (Wildman–Crippen LogP) is 0.0179. The van der Waals surface area contributed by atoms with Gasteiger partial charge in [0.1, 0.15) is 0 Å². The predicted molar refractivity (Wildman–Crippen MR) is 71.9 cm³/mol. The molecule has 6 nitrogen and oxygen atoms in total. The van der Waals surface area contributed by atoms with Crippen molar-refractivity contribution < 1.29 is 8.42 Å². The molecule has 0 spiro atoms. The van der Waals surface area contributed by atoms with Gasteiger partial charge in [0, 0.05) is 45.5 Å². The molecule has 0 amide bonds. The number of aromatic nitrogens is 2. The number of nitrogens with one attached hydrogen (secondary N) is 1. The van der Waals surface area contributed by atoms with Crippen molar-refractivity contribution in [2.75, 3.05) is 26.4 Å². The van der Waals surface area contributed by atoms with Crippen LogP contribution in [0.25, 0.3) is 0 Å². The second-order valence-electron chi connectivity index (χ2n) is 4.55. The van der Waals surface area contributed by atoms with Crippen LogP contribution in [0.3, 0.4) is 0 Å². The minimum absolute atomic E-state index is 0.109. The summed E-state index contributed by atoms with van der Waals surface area (Å²) in [7, 11) is 1.88. The molecule has 1 N–H and O–H groups in total. The summed E-state index contributed by atoms with van der Waals surface area (Å²) in [6.45, 7) is 5.05. The third-order valence-electron chi connectivity index (χ3n) is 3.05. The lowest BCUT2D eigenvalue weighted by Crippen LogP contribution is -2.31. The van der Waals surface area contributed by atoms with Gasteiger partial charge in [-0.1, -0.05) is 0 Å². The highest BCUT2D eigenvalue weighted by Gasteiger charge is 2.13. The van der Waals surface area contributed by atoms with Crippen molar-refractivity contribution in [2.45, 2.75) is 20.4 Å². The fourth-order valence-corrected chi connectivity index (χ4v) is 2.44. The third-order valence-corrected chi connectivity index (χ3v) is 4.89. The fraction of sp³-hybridized carbons (Fsp3) is 0.727. The Bertz CT molecular complexity index is 505. The average Bonchev–Trinajstić information content (AvgIpc) is 2.49. The van der Waals surface area contributed by atoms with Gasteiger partial charge in [0.2, 0.25) is 10.0 Å². The van der Waals surface area contributed by atoms with E-state index in [1.54, 1.807) is 14.1 Å². The van der Waals surface area contributed by atoms with Crippen LogP contribution in [-0.2, 0) is 23.6 Å². The van der Waals surface area contributed by atoms with Gasteiger partial charge in [0.25, 0.3) is 0 Å². The van der Waals surface area contributed by atoms with Crippen molar-refractivity contribution in [2.24, 2.45) is 7.05 Å². The van der Waals surface area contributed by atoms with Crippen molar-refractivity contribution in [3.63, 3.8) is 0 Å². The molecule has 0 fully saturated rings. The molecule has 0 radical (unpaired) electrons. The van der Waals surface area contributed by atoms with E-state index < -0.39 is 10.0 Å². The summed E-state index contributed by atoms with van der Waals surface area (Å²) in [5, 5.41) is 7.47. The lowest BCUT2D eigenvalue weighted by molar-refractivity contribution is 0.517. The molecule has 0 atom stereocenters. The summed E-state index contributed by atoms with van der Waals surface area (Å²) in [6.07, 6.45) is 0. The Morgan fingerprint density at radius 3 is 2.39 bits per heavy atom. The molecule has 7 heteroatoms. The SMILES string of the molecule is Cc1nn(C)c(C)c1CNCCS(=O)(=O)N(C)C. The summed E-state index contributed by atoms with van der Waals surface area (Å²) in [6, 6.07) is 0. The molecule has 0 saturated heterocycles. The lowest BCUT2D eigenvalue weighted by Gasteiger charge is -2.11. The maximum absolute atomic E-state index is 11.5. The Morgan fingerprint density at radius 1 is 1.33 bits per heavy atom. The molecule has 104 valence electrons. The second kappa shape index (κ2) is 5.81. The number of hydrogen-bond acceptors (Lipinski definition) is 4. The number of rotatable bonds is 6. The highest BCUT2D eigenvalue weighted by atomic mass is 32.2. The normalized spacial score (nSPS) is 12.3. The van der Waals surface area contributed by atoms with E-state index in [2.05, 4.69) is 10.4 Å². The minimum Gasteiger partial charge on any atom is -0.311 e. The molecular weight excluding hydrogens is 252 g/mol. The largest absolute Gasteiger partial charge is 0.311 e. The molecule has 1 rings (SSSR count). The fourth-order valence-electron chi connectivity index (χ4n) is 1.67. The van der Waals surface area contributed by atoms with Crippen LogP contribution in [-0.4, -0.2) is 48.9 Å². The van der Waals surface area contributed by atoms with Crippen molar-refractivity contribution >= 4 is 10.0 Å². The minimum atomic E-state index is -3.12. The molecule has 0 aliphatic rings. The van der Waals surface area contributed by atoms with Crippen molar-refractivity contribution in [3.8, 4) is 0 Å². The van der Waals surface area contributed by atoms with Crippen LogP contribution in [0.2, 0.25) is 0 Å². The van der Waals surface area contributed by atoms with E-state index in [9.17, 15) is 8.42 Å². The van der Waals surface area contributed by atoms with E-state index in [1.165, 1.54) is 4.31 Å². The molecule has 1 heterocycles. The zero-order chi connectivity index (χ0) is 13.9. The molecule has 0 saturated carbocycles. The van der Waals surface area contributed by atoms with E-state index in [1.807, 2.05) is 25.6 Å². The highest BCUT2D eigenvalue weighted by molar-refractivity contribution is 7.89. The zero-order valence-corrected chi connectivity index (χ0v) is 12.5. The van der Waals surface area contributed by atoms with Crippen molar-refractivity contribution in [3.05, 3.63) is 17.0 Å². The Hall–Kier alpha value is -0.920. The zero-order valence-electron chi connectivity index (χ0n) is 11.7. The first-order valence-electron chi connectivity index (χ1n) is 5.85. The van der Waals surface area contributed by atoms with Crippen LogP contribution < -0.4 is 5.32 Å². The topological polar surface area (TPSA) is 67.2 Å². The van der Waals surface area contributed by atoms with Gasteiger partial charge in [-0.05, 0) is 13.8 Å². The van der Waals surface area contributed by atoms with Crippen LogP contribution in [0.5, 0.6) is 0 Å². The molecular formula is C11H22N4O2S. The van der Waals surface area contributed by atoms with Gasteiger partial charge in [-0.15, -0.1) is 0 Å². The van der Waals surface area contributed by atoms with Crippen LogP contribution in [0.15, 0.2) is 0 Å². The first kappa shape index (κ1) is 15.1. The third kappa shape index (κ3) is 3.54. The number of sulfonamides is 1. The molecule has 0 unspecified atom stereocenters. The lowest BCUT2D eigenvalue weighted by atomic mass is 10.2. The smallest absolute Gasteiger partial charge is 0.214 e. The average molecular weight is 274 g/mol. The Morgan fingerprint density at radius 2 is 1.94 bits per heavy atom. The van der Waals surface area contributed by atoms with Gasteiger partial charge in [-0.3, -0.25) is 4.68 Å². The van der Waals surface area contributed by atoms with Crippen molar-refractivity contribution in [1.82, 2.24) is 19.4 Å². The van der Waals surface area contributed by atoms with E-state index in [-0.39, 0.29) is 5.75 Å². The quantitative estimate of drug-likeness (QED) is 0.743. The van der Waals surface area contributed by atoms with Gasteiger partial charge >= 0.3 is 0 Å². The van der Waals surface area contributed by atoms with Gasteiger partial charge in [0.15, 0.2) is 0 Å². The first-order valence-corrected chi connectivity index (χ1v) is 7.46. The monoisotopic (exact) mass is 274 g/mol. The van der Waals surface area contributed by atoms with Gasteiger partial charge < -0.3 is 5.32 Å². The maximum Gasteiger partial charge on any atom is 0.214 e.